The first-order chi connectivity index (χ1) is 11.7. The molecule has 2 N–H and O–H groups in total. The van der Waals surface area contributed by atoms with Crippen molar-refractivity contribution < 1.29 is 9.53 Å². The third kappa shape index (κ3) is 3.35. The summed E-state index contributed by atoms with van der Waals surface area (Å²) < 4.78 is 5.35. The summed E-state index contributed by atoms with van der Waals surface area (Å²) in [6.45, 7) is 1.70. The zero-order valence-corrected chi connectivity index (χ0v) is 14.0. The molecule has 1 amide bonds. The first-order valence-corrected chi connectivity index (χ1v) is 8.39. The van der Waals surface area contributed by atoms with E-state index >= 15 is 0 Å². The minimum atomic E-state index is 0.107. The Balaban J connectivity index is 1.83. The average Bonchev–Trinajstić information content (AvgIpc) is 2.90. The molecule has 1 aliphatic rings. The van der Waals surface area contributed by atoms with Crippen LogP contribution < -0.4 is 10.5 Å². The van der Waals surface area contributed by atoms with Crippen molar-refractivity contribution in [1.29, 1.82) is 0 Å². The van der Waals surface area contributed by atoms with Gasteiger partial charge in [0, 0.05) is 30.4 Å². The molecule has 24 heavy (non-hydrogen) atoms. The van der Waals surface area contributed by atoms with E-state index in [0.717, 1.165) is 31.5 Å². The standard InChI is InChI=1S/C19H23N3O2/c1-24-18-16(20)10-11-21-17(18)14-6-8-15(9-7-14)19(23)22-12-4-2-3-5-13-22/h6-11H,2-5,12-13H2,1H3,(H2,20,21). The van der Waals surface area contributed by atoms with Crippen LogP contribution in [-0.4, -0.2) is 36.0 Å². The first-order valence-electron chi connectivity index (χ1n) is 8.39. The predicted octanol–water partition coefficient (Wildman–Crippen LogP) is 3.36. The topological polar surface area (TPSA) is 68.5 Å². The van der Waals surface area contributed by atoms with Crippen LogP contribution in [0.1, 0.15) is 36.0 Å². The van der Waals surface area contributed by atoms with Crippen molar-refractivity contribution in [2.45, 2.75) is 25.7 Å². The lowest BCUT2D eigenvalue weighted by Crippen LogP contribution is -2.31. The van der Waals surface area contributed by atoms with Crippen molar-refractivity contribution in [3.63, 3.8) is 0 Å². The Bertz CT molecular complexity index is 705. The summed E-state index contributed by atoms with van der Waals surface area (Å²) in [5, 5.41) is 0. The molecule has 0 radical (unpaired) electrons. The molecule has 1 saturated heterocycles. The summed E-state index contributed by atoms with van der Waals surface area (Å²) in [6, 6.07) is 9.21. The molecule has 0 spiro atoms. The van der Waals surface area contributed by atoms with E-state index in [4.69, 9.17) is 10.5 Å². The molecular weight excluding hydrogens is 302 g/mol. The van der Waals surface area contributed by atoms with E-state index in [0.29, 0.717) is 22.7 Å². The highest BCUT2D eigenvalue weighted by atomic mass is 16.5. The minimum Gasteiger partial charge on any atom is -0.492 e. The lowest BCUT2D eigenvalue weighted by Gasteiger charge is -2.20. The number of pyridine rings is 1. The van der Waals surface area contributed by atoms with Crippen LogP contribution in [0.15, 0.2) is 36.5 Å². The maximum Gasteiger partial charge on any atom is 0.253 e. The second-order valence-electron chi connectivity index (χ2n) is 6.07. The van der Waals surface area contributed by atoms with E-state index in [1.165, 1.54) is 12.8 Å². The van der Waals surface area contributed by atoms with E-state index in [1.54, 1.807) is 19.4 Å². The summed E-state index contributed by atoms with van der Waals surface area (Å²) in [6.07, 6.45) is 6.26. The van der Waals surface area contributed by atoms with Crippen molar-refractivity contribution >= 4 is 11.6 Å². The van der Waals surface area contributed by atoms with Crippen LogP contribution in [0.3, 0.4) is 0 Å². The number of hydrogen-bond donors (Lipinski definition) is 1. The van der Waals surface area contributed by atoms with Gasteiger partial charge in [-0.1, -0.05) is 25.0 Å². The number of benzene rings is 1. The third-order valence-electron chi connectivity index (χ3n) is 4.44. The number of nitrogen functional groups attached to an aromatic ring is 1. The number of carbonyl (C=O) groups is 1. The second-order valence-corrected chi connectivity index (χ2v) is 6.07. The molecule has 0 aliphatic carbocycles. The Hall–Kier alpha value is -2.56. The Kier molecular flexibility index (Phi) is 4.99. The van der Waals surface area contributed by atoms with Gasteiger partial charge < -0.3 is 15.4 Å². The van der Waals surface area contributed by atoms with Gasteiger partial charge in [-0.25, -0.2) is 0 Å². The van der Waals surface area contributed by atoms with Gasteiger partial charge in [0.25, 0.3) is 5.91 Å². The second kappa shape index (κ2) is 7.34. The highest BCUT2D eigenvalue weighted by Crippen LogP contribution is 2.32. The van der Waals surface area contributed by atoms with Gasteiger partial charge in [-0.3, -0.25) is 9.78 Å². The molecule has 2 aromatic rings. The van der Waals surface area contributed by atoms with E-state index in [-0.39, 0.29) is 5.91 Å². The average molecular weight is 325 g/mol. The normalized spacial score (nSPS) is 15.0. The van der Waals surface area contributed by atoms with Gasteiger partial charge in [0.15, 0.2) is 5.75 Å². The summed E-state index contributed by atoms with van der Waals surface area (Å²) in [7, 11) is 1.58. The van der Waals surface area contributed by atoms with Gasteiger partial charge in [-0.15, -0.1) is 0 Å². The first kappa shape index (κ1) is 16.3. The molecule has 126 valence electrons. The number of amides is 1. The van der Waals surface area contributed by atoms with Crippen LogP contribution in [0.4, 0.5) is 5.69 Å². The van der Waals surface area contributed by atoms with Crippen molar-refractivity contribution in [3.05, 3.63) is 42.1 Å². The monoisotopic (exact) mass is 325 g/mol. The third-order valence-corrected chi connectivity index (χ3v) is 4.44. The molecule has 1 fully saturated rings. The van der Waals surface area contributed by atoms with Crippen LogP contribution in [0.25, 0.3) is 11.3 Å². The summed E-state index contributed by atoms with van der Waals surface area (Å²) in [4.78, 5) is 19.0. The fourth-order valence-electron chi connectivity index (χ4n) is 3.11. The number of anilines is 1. The molecule has 0 unspecified atom stereocenters. The molecule has 1 aliphatic heterocycles. The van der Waals surface area contributed by atoms with Crippen molar-refractivity contribution in [1.82, 2.24) is 9.88 Å². The quantitative estimate of drug-likeness (QED) is 0.939. The van der Waals surface area contributed by atoms with Crippen molar-refractivity contribution in [3.8, 4) is 17.0 Å². The van der Waals surface area contributed by atoms with Crippen molar-refractivity contribution in [2.75, 3.05) is 25.9 Å². The predicted molar refractivity (Wildman–Crippen MR) is 95.0 cm³/mol. The van der Waals surface area contributed by atoms with Crippen LogP contribution in [0, 0.1) is 0 Å². The number of rotatable bonds is 3. The highest BCUT2D eigenvalue weighted by Gasteiger charge is 2.18. The van der Waals surface area contributed by atoms with E-state index in [1.807, 2.05) is 29.2 Å². The van der Waals surface area contributed by atoms with Gasteiger partial charge in [-0.2, -0.15) is 0 Å². The van der Waals surface area contributed by atoms with E-state index < -0.39 is 0 Å². The Labute approximate surface area is 142 Å². The molecule has 2 heterocycles. The van der Waals surface area contributed by atoms with E-state index in [2.05, 4.69) is 4.98 Å². The zero-order chi connectivity index (χ0) is 16.9. The zero-order valence-electron chi connectivity index (χ0n) is 14.0. The van der Waals surface area contributed by atoms with Crippen LogP contribution in [-0.2, 0) is 0 Å². The Morgan fingerprint density at radius 1 is 1.08 bits per heavy atom. The number of ether oxygens (including phenoxy) is 1. The minimum absolute atomic E-state index is 0.107. The Morgan fingerprint density at radius 3 is 2.38 bits per heavy atom. The number of nitrogens with zero attached hydrogens (tertiary/aromatic N) is 2. The van der Waals surface area contributed by atoms with Crippen molar-refractivity contribution in [2.24, 2.45) is 0 Å². The molecule has 0 atom stereocenters. The number of carbonyl (C=O) groups excluding carboxylic acids is 1. The fourth-order valence-corrected chi connectivity index (χ4v) is 3.11. The number of methoxy groups -OCH3 is 1. The van der Waals surface area contributed by atoms with Gasteiger partial charge in [-0.05, 0) is 31.0 Å². The fraction of sp³-hybridized carbons (Fsp3) is 0.368. The number of aromatic nitrogens is 1. The summed E-state index contributed by atoms with van der Waals surface area (Å²) in [5.74, 6) is 0.667. The van der Waals surface area contributed by atoms with Crippen LogP contribution >= 0.6 is 0 Å². The lowest BCUT2D eigenvalue weighted by molar-refractivity contribution is 0.0761. The summed E-state index contributed by atoms with van der Waals surface area (Å²) in [5.41, 5.74) is 8.76. The molecule has 3 rings (SSSR count). The molecule has 5 heteroatoms. The molecule has 0 bridgehead atoms. The maximum atomic E-state index is 12.6. The number of hydrogen-bond acceptors (Lipinski definition) is 4. The number of likely N-dealkylation sites (tertiary alicyclic amines) is 1. The Morgan fingerprint density at radius 2 is 1.75 bits per heavy atom. The lowest BCUT2D eigenvalue weighted by atomic mass is 10.1. The molecule has 1 aromatic carbocycles. The highest BCUT2D eigenvalue weighted by molar-refractivity contribution is 5.94. The smallest absolute Gasteiger partial charge is 0.253 e. The molecule has 5 nitrogen and oxygen atoms in total. The molecule has 0 saturated carbocycles. The number of nitrogens with two attached hydrogens (primary N) is 1. The molecular formula is C19H23N3O2. The van der Waals surface area contributed by atoms with Crippen LogP contribution in [0.2, 0.25) is 0 Å². The SMILES string of the molecule is COc1c(N)ccnc1-c1ccc(C(=O)N2CCCCCC2)cc1. The summed E-state index contributed by atoms with van der Waals surface area (Å²) >= 11 is 0. The van der Waals surface area contributed by atoms with Gasteiger partial charge in [0.2, 0.25) is 0 Å². The maximum absolute atomic E-state index is 12.6. The van der Waals surface area contributed by atoms with Gasteiger partial charge in [0.05, 0.1) is 12.8 Å². The van der Waals surface area contributed by atoms with Gasteiger partial charge in [0.1, 0.15) is 5.69 Å². The molecule has 1 aromatic heterocycles. The van der Waals surface area contributed by atoms with Crippen LogP contribution in [0.5, 0.6) is 5.75 Å². The largest absolute Gasteiger partial charge is 0.492 e. The van der Waals surface area contributed by atoms with Gasteiger partial charge >= 0.3 is 0 Å². The van der Waals surface area contributed by atoms with E-state index in [9.17, 15) is 4.79 Å².